The fourth-order valence-electron chi connectivity index (χ4n) is 3.41. The van der Waals surface area contributed by atoms with E-state index in [2.05, 4.69) is 15.0 Å². The van der Waals surface area contributed by atoms with Gasteiger partial charge >= 0.3 is 5.97 Å². The minimum atomic E-state index is -0.243. The molecule has 1 N–H and O–H groups in total. The molecule has 0 unspecified atom stereocenters. The lowest BCUT2D eigenvalue weighted by molar-refractivity contribution is -0.140. The van der Waals surface area contributed by atoms with E-state index in [0.717, 1.165) is 31.5 Å². The maximum Gasteiger partial charge on any atom is 0.305 e. The molecule has 0 spiro atoms. The Kier molecular flexibility index (Phi) is 6.26. The molecule has 1 aliphatic heterocycles. The summed E-state index contributed by atoms with van der Waals surface area (Å²) in [5.41, 5.74) is 0.682. The molecule has 27 heavy (non-hydrogen) atoms. The molecule has 2 aromatic heterocycles. The second-order valence-corrected chi connectivity index (χ2v) is 7.82. The summed E-state index contributed by atoms with van der Waals surface area (Å²) in [7, 11) is 1.37. The number of hydrogen-bond donors (Lipinski definition) is 1. The van der Waals surface area contributed by atoms with Gasteiger partial charge in [0.2, 0.25) is 0 Å². The quantitative estimate of drug-likeness (QED) is 0.604. The van der Waals surface area contributed by atoms with Crippen LogP contribution in [-0.2, 0) is 22.5 Å². The van der Waals surface area contributed by atoms with Gasteiger partial charge in [0.15, 0.2) is 0 Å². The number of carbonyl (C=O) groups is 2. The Labute approximate surface area is 161 Å². The van der Waals surface area contributed by atoms with Gasteiger partial charge in [-0.3, -0.25) is 19.0 Å². The average molecular weight is 391 g/mol. The third-order valence-electron chi connectivity index (χ3n) is 4.94. The van der Waals surface area contributed by atoms with Crippen LogP contribution in [0, 0.1) is 6.92 Å². The minimum Gasteiger partial charge on any atom is -0.469 e. The topological polar surface area (TPSA) is 90.3 Å². The number of amides is 1. The van der Waals surface area contributed by atoms with Crippen LogP contribution >= 0.6 is 11.3 Å². The molecule has 1 aliphatic rings. The summed E-state index contributed by atoms with van der Waals surface area (Å²) in [6, 6.07) is 0. The Morgan fingerprint density at radius 2 is 2.07 bits per heavy atom. The van der Waals surface area contributed by atoms with Gasteiger partial charge in [-0.15, -0.1) is 11.3 Å². The van der Waals surface area contributed by atoms with Gasteiger partial charge in [0.25, 0.3) is 11.5 Å². The number of unbranched alkanes of at least 4 members (excludes halogenated alkanes) is 1. The molecular formula is C19H25N3O4S. The Hall–Kier alpha value is -2.22. The van der Waals surface area contributed by atoms with Crippen molar-refractivity contribution in [2.75, 3.05) is 13.7 Å². The van der Waals surface area contributed by atoms with Crippen LogP contribution in [0.2, 0.25) is 0 Å². The van der Waals surface area contributed by atoms with Gasteiger partial charge in [0.05, 0.1) is 17.4 Å². The molecule has 0 radical (unpaired) electrons. The van der Waals surface area contributed by atoms with Crippen LogP contribution in [0.25, 0.3) is 10.2 Å². The molecule has 0 bridgehead atoms. The predicted octanol–water partition coefficient (Wildman–Crippen LogP) is 2.57. The van der Waals surface area contributed by atoms with Crippen molar-refractivity contribution in [1.29, 1.82) is 0 Å². The lowest BCUT2D eigenvalue weighted by Gasteiger charge is -2.08. The first-order valence-corrected chi connectivity index (χ1v) is 10.2. The number of methoxy groups -OCH3 is 1. The molecule has 0 atom stereocenters. The number of nitrogens with one attached hydrogen (secondary N) is 1. The molecule has 0 saturated heterocycles. The Bertz CT molecular complexity index is 916. The smallest absolute Gasteiger partial charge is 0.305 e. The number of nitrogens with zero attached hydrogens (tertiary/aromatic N) is 2. The maximum absolute atomic E-state index is 12.9. The lowest BCUT2D eigenvalue weighted by atomic mass is 10.2. The van der Waals surface area contributed by atoms with Crippen molar-refractivity contribution in [3.8, 4) is 0 Å². The summed E-state index contributed by atoms with van der Waals surface area (Å²) >= 11 is 1.29. The number of carbonyl (C=O) groups excluding carboxylic acids is 2. The number of ether oxygens (including phenoxy) is 1. The van der Waals surface area contributed by atoms with E-state index < -0.39 is 0 Å². The van der Waals surface area contributed by atoms with Gasteiger partial charge < -0.3 is 10.1 Å². The molecule has 7 nitrogen and oxygen atoms in total. The zero-order valence-electron chi connectivity index (χ0n) is 15.8. The molecular weight excluding hydrogens is 366 g/mol. The standard InChI is InChI=1S/C19H25N3O4S/c1-12-15-18(21-13-8-4-3-7-11-22(13)19(15)25)27-16(12)17(24)20-10-6-5-9-14(23)26-2/h3-11H2,1-2H3,(H,20,24). The van der Waals surface area contributed by atoms with E-state index in [9.17, 15) is 14.4 Å². The summed E-state index contributed by atoms with van der Waals surface area (Å²) in [6.45, 7) is 3.00. The molecule has 146 valence electrons. The molecule has 0 aliphatic carbocycles. The van der Waals surface area contributed by atoms with Crippen molar-refractivity contribution in [2.24, 2.45) is 0 Å². The van der Waals surface area contributed by atoms with E-state index in [-0.39, 0.29) is 17.4 Å². The van der Waals surface area contributed by atoms with Crippen molar-refractivity contribution < 1.29 is 14.3 Å². The fourth-order valence-corrected chi connectivity index (χ4v) is 4.51. The summed E-state index contributed by atoms with van der Waals surface area (Å²) < 4.78 is 6.38. The molecule has 0 fully saturated rings. The Balaban J connectivity index is 1.74. The monoisotopic (exact) mass is 391 g/mol. The number of esters is 1. The van der Waals surface area contributed by atoms with Crippen LogP contribution in [0.1, 0.15) is 59.6 Å². The van der Waals surface area contributed by atoms with Crippen LogP contribution in [0.15, 0.2) is 4.79 Å². The summed E-state index contributed by atoms with van der Waals surface area (Å²) in [4.78, 5) is 42.5. The third kappa shape index (κ3) is 4.21. The number of thiophene rings is 1. The lowest BCUT2D eigenvalue weighted by Crippen LogP contribution is -2.25. The second-order valence-electron chi connectivity index (χ2n) is 6.82. The summed E-state index contributed by atoms with van der Waals surface area (Å²) in [5, 5.41) is 3.45. The van der Waals surface area contributed by atoms with Crippen LogP contribution in [0.4, 0.5) is 0 Å². The van der Waals surface area contributed by atoms with Crippen LogP contribution in [0.5, 0.6) is 0 Å². The highest BCUT2D eigenvalue weighted by Crippen LogP contribution is 2.28. The number of fused-ring (bicyclic) bond motifs is 2. The molecule has 0 saturated carbocycles. The Morgan fingerprint density at radius 3 is 2.85 bits per heavy atom. The second kappa shape index (κ2) is 8.65. The van der Waals surface area contributed by atoms with Crippen molar-refractivity contribution in [3.05, 3.63) is 26.6 Å². The SMILES string of the molecule is COC(=O)CCCCNC(=O)c1sc2nc3n(c(=O)c2c1C)CCCCC3. The fraction of sp³-hybridized carbons (Fsp3) is 0.579. The van der Waals surface area contributed by atoms with Crippen molar-refractivity contribution >= 4 is 33.4 Å². The van der Waals surface area contributed by atoms with E-state index in [0.29, 0.717) is 53.0 Å². The first-order valence-electron chi connectivity index (χ1n) is 9.40. The first-order chi connectivity index (χ1) is 13.0. The highest BCUT2D eigenvalue weighted by atomic mass is 32.1. The van der Waals surface area contributed by atoms with Crippen LogP contribution < -0.4 is 10.9 Å². The van der Waals surface area contributed by atoms with Crippen molar-refractivity contribution in [3.63, 3.8) is 0 Å². The highest BCUT2D eigenvalue weighted by molar-refractivity contribution is 7.20. The molecule has 0 aromatic carbocycles. The zero-order chi connectivity index (χ0) is 19.4. The van der Waals surface area contributed by atoms with Gasteiger partial charge in [-0.05, 0) is 38.2 Å². The van der Waals surface area contributed by atoms with E-state index in [1.165, 1.54) is 18.4 Å². The number of aromatic nitrogens is 2. The Morgan fingerprint density at radius 1 is 1.26 bits per heavy atom. The van der Waals surface area contributed by atoms with Gasteiger partial charge in [0.1, 0.15) is 10.7 Å². The van der Waals surface area contributed by atoms with E-state index >= 15 is 0 Å². The van der Waals surface area contributed by atoms with Gasteiger partial charge in [0, 0.05) is 25.9 Å². The summed E-state index contributed by atoms with van der Waals surface area (Å²) in [5.74, 6) is 0.405. The molecule has 3 heterocycles. The minimum absolute atomic E-state index is 0.0252. The van der Waals surface area contributed by atoms with Crippen LogP contribution in [0.3, 0.4) is 0 Å². The van der Waals surface area contributed by atoms with Crippen molar-refractivity contribution in [2.45, 2.75) is 58.4 Å². The number of rotatable bonds is 6. The molecule has 8 heteroatoms. The van der Waals surface area contributed by atoms with Crippen molar-refractivity contribution in [1.82, 2.24) is 14.9 Å². The largest absolute Gasteiger partial charge is 0.469 e. The molecule has 3 rings (SSSR count). The first kappa shape index (κ1) is 19.5. The highest BCUT2D eigenvalue weighted by Gasteiger charge is 2.22. The summed E-state index contributed by atoms with van der Waals surface area (Å²) in [6.07, 6.45) is 5.65. The van der Waals surface area contributed by atoms with E-state index in [4.69, 9.17) is 0 Å². The number of aryl methyl sites for hydroxylation is 2. The van der Waals surface area contributed by atoms with Gasteiger partial charge in [-0.1, -0.05) is 6.42 Å². The molecule has 1 amide bonds. The van der Waals surface area contributed by atoms with Crippen LogP contribution in [-0.4, -0.2) is 35.1 Å². The van der Waals surface area contributed by atoms with E-state index in [1.54, 1.807) is 4.57 Å². The van der Waals surface area contributed by atoms with E-state index in [1.807, 2.05) is 6.92 Å². The molecule has 2 aromatic rings. The zero-order valence-corrected chi connectivity index (χ0v) is 16.6. The average Bonchev–Trinajstić information content (AvgIpc) is 2.82. The van der Waals surface area contributed by atoms with Gasteiger partial charge in [-0.25, -0.2) is 4.98 Å². The maximum atomic E-state index is 12.9. The predicted molar refractivity (Wildman–Crippen MR) is 104 cm³/mol. The number of hydrogen-bond acceptors (Lipinski definition) is 6. The third-order valence-corrected chi connectivity index (χ3v) is 6.12. The van der Waals surface area contributed by atoms with Gasteiger partial charge in [-0.2, -0.15) is 0 Å². The normalized spacial score (nSPS) is 13.9.